The molecule has 0 bridgehead atoms. The summed E-state index contributed by atoms with van der Waals surface area (Å²) in [5, 5.41) is 16.4. The predicted octanol–water partition coefficient (Wildman–Crippen LogP) is 0.947. The Labute approximate surface area is 94.0 Å². The molecule has 0 radical (unpaired) electrons. The quantitative estimate of drug-likeness (QED) is 0.628. The number of nitro groups is 1. The third-order valence-corrected chi connectivity index (χ3v) is 2.06. The lowest BCUT2D eigenvalue weighted by molar-refractivity contribution is -0.385. The van der Waals surface area contributed by atoms with Gasteiger partial charge in [0.05, 0.1) is 17.6 Å². The molecule has 0 unspecified atom stereocenters. The van der Waals surface area contributed by atoms with Crippen LogP contribution in [0.1, 0.15) is 0 Å². The van der Waals surface area contributed by atoms with Crippen molar-refractivity contribution in [3.05, 3.63) is 38.9 Å². The molecule has 88 valence electrons. The number of nitro benzene ring substituents is 1. The van der Waals surface area contributed by atoms with Gasteiger partial charge in [0.15, 0.2) is 0 Å². The van der Waals surface area contributed by atoms with Crippen LogP contribution in [0, 0.1) is 10.1 Å². The van der Waals surface area contributed by atoms with Crippen LogP contribution in [-0.2, 0) is 0 Å². The van der Waals surface area contributed by atoms with E-state index in [0.29, 0.717) is 0 Å². The molecule has 0 spiro atoms. The average molecular weight is 237 g/mol. The fourth-order valence-corrected chi connectivity index (χ4v) is 1.40. The van der Waals surface area contributed by atoms with Gasteiger partial charge in [-0.05, 0) is 6.07 Å². The number of ether oxygens (including phenoxy) is 1. The minimum absolute atomic E-state index is 0.00671. The fraction of sp³-hybridized carbons (Fsp3) is 0.111. The van der Waals surface area contributed by atoms with Crippen molar-refractivity contribution < 1.29 is 14.1 Å². The maximum atomic E-state index is 10.8. The van der Waals surface area contributed by atoms with E-state index in [2.05, 4.69) is 10.2 Å². The van der Waals surface area contributed by atoms with Crippen LogP contribution in [-0.4, -0.2) is 22.2 Å². The van der Waals surface area contributed by atoms with Crippen molar-refractivity contribution in [3.8, 4) is 17.2 Å². The lowest BCUT2D eigenvalue weighted by Crippen LogP contribution is -1.96. The minimum Gasteiger partial charge on any atom is -0.490 e. The van der Waals surface area contributed by atoms with Gasteiger partial charge in [0, 0.05) is 6.07 Å². The van der Waals surface area contributed by atoms with E-state index in [0.717, 1.165) is 0 Å². The predicted molar refractivity (Wildman–Crippen MR) is 55.8 cm³/mol. The van der Waals surface area contributed by atoms with Crippen molar-refractivity contribution in [2.45, 2.75) is 0 Å². The molecule has 0 saturated heterocycles. The standard InChI is InChI=1S/C9H7N3O5/c1-16-7-5(8-10-11-9(13)17-8)3-2-4-6(7)12(14)15/h2-4H,1H3,(H,11,13). The summed E-state index contributed by atoms with van der Waals surface area (Å²) in [4.78, 5) is 21.0. The lowest BCUT2D eigenvalue weighted by Gasteiger charge is -2.04. The Kier molecular flexibility index (Phi) is 2.61. The Bertz CT molecular complexity index is 615. The fourth-order valence-electron chi connectivity index (χ4n) is 1.40. The molecule has 0 aliphatic rings. The van der Waals surface area contributed by atoms with Crippen LogP contribution in [0.2, 0.25) is 0 Å². The van der Waals surface area contributed by atoms with Crippen molar-refractivity contribution in [3.63, 3.8) is 0 Å². The molecule has 1 N–H and O–H groups in total. The van der Waals surface area contributed by atoms with Gasteiger partial charge in [0.1, 0.15) is 0 Å². The van der Waals surface area contributed by atoms with E-state index in [1.54, 1.807) is 0 Å². The Morgan fingerprint density at radius 3 is 2.82 bits per heavy atom. The van der Waals surface area contributed by atoms with E-state index in [-0.39, 0.29) is 22.9 Å². The Hall–Kier alpha value is -2.64. The number of benzene rings is 1. The van der Waals surface area contributed by atoms with E-state index in [9.17, 15) is 14.9 Å². The number of rotatable bonds is 3. The maximum Gasteiger partial charge on any atom is 0.434 e. The number of aromatic amines is 1. The summed E-state index contributed by atoms with van der Waals surface area (Å²) >= 11 is 0. The number of aromatic nitrogens is 2. The number of methoxy groups -OCH3 is 1. The number of H-pyrrole nitrogens is 1. The minimum atomic E-state index is -0.742. The van der Waals surface area contributed by atoms with Crippen LogP contribution in [0.3, 0.4) is 0 Å². The number of para-hydroxylation sites is 1. The van der Waals surface area contributed by atoms with Crippen LogP contribution in [0.5, 0.6) is 5.75 Å². The summed E-state index contributed by atoms with van der Waals surface area (Å²) in [7, 11) is 1.29. The van der Waals surface area contributed by atoms with Crippen LogP contribution in [0.15, 0.2) is 27.4 Å². The van der Waals surface area contributed by atoms with Gasteiger partial charge in [0.25, 0.3) is 5.89 Å². The molecule has 8 heteroatoms. The van der Waals surface area contributed by atoms with Crippen LogP contribution in [0.25, 0.3) is 11.5 Å². The lowest BCUT2D eigenvalue weighted by atomic mass is 10.1. The first kappa shape index (κ1) is 10.9. The molecule has 0 aliphatic heterocycles. The smallest absolute Gasteiger partial charge is 0.434 e. The second-order valence-electron chi connectivity index (χ2n) is 3.03. The number of hydrogen-bond acceptors (Lipinski definition) is 6. The zero-order valence-corrected chi connectivity index (χ0v) is 8.67. The molecule has 1 aromatic carbocycles. The van der Waals surface area contributed by atoms with Gasteiger partial charge >= 0.3 is 11.4 Å². The molecular formula is C9H7N3O5. The molecule has 0 amide bonds. The molecule has 0 fully saturated rings. The molecule has 1 heterocycles. The van der Waals surface area contributed by atoms with Gasteiger partial charge in [-0.3, -0.25) is 10.1 Å². The van der Waals surface area contributed by atoms with Gasteiger partial charge in [-0.25, -0.2) is 9.89 Å². The summed E-state index contributed by atoms with van der Waals surface area (Å²) < 4.78 is 9.67. The normalized spacial score (nSPS) is 10.2. The third-order valence-electron chi connectivity index (χ3n) is 2.06. The molecule has 1 aromatic heterocycles. The van der Waals surface area contributed by atoms with Crippen LogP contribution in [0.4, 0.5) is 5.69 Å². The van der Waals surface area contributed by atoms with Gasteiger partial charge in [-0.1, -0.05) is 6.07 Å². The Morgan fingerprint density at radius 2 is 2.29 bits per heavy atom. The zero-order valence-electron chi connectivity index (χ0n) is 8.67. The molecule has 17 heavy (non-hydrogen) atoms. The van der Waals surface area contributed by atoms with Crippen molar-refractivity contribution in [2.24, 2.45) is 0 Å². The first-order valence-electron chi connectivity index (χ1n) is 4.50. The molecule has 0 aliphatic carbocycles. The largest absolute Gasteiger partial charge is 0.490 e. The van der Waals surface area contributed by atoms with E-state index in [1.807, 2.05) is 0 Å². The summed E-state index contributed by atoms with van der Waals surface area (Å²) in [5.74, 6) is -0.808. The van der Waals surface area contributed by atoms with Gasteiger partial charge in [0.2, 0.25) is 5.75 Å². The summed E-state index contributed by atoms with van der Waals surface area (Å²) in [6, 6.07) is 4.24. The molecule has 2 aromatic rings. The Balaban J connectivity index is 2.65. The van der Waals surface area contributed by atoms with Crippen molar-refractivity contribution in [1.82, 2.24) is 10.2 Å². The zero-order chi connectivity index (χ0) is 12.4. The summed E-state index contributed by atoms with van der Waals surface area (Å²) in [6.07, 6.45) is 0. The molecular weight excluding hydrogens is 230 g/mol. The molecule has 0 saturated carbocycles. The second kappa shape index (κ2) is 4.08. The number of nitrogens with zero attached hydrogens (tertiary/aromatic N) is 2. The third kappa shape index (κ3) is 1.87. The number of nitrogens with one attached hydrogen (secondary N) is 1. The average Bonchev–Trinajstić information content (AvgIpc) is 2.74. The van der Waals surface area contributed by atoms with E-state index in [1.165, 1.54) is 25.3 Å². The van der Waals surface area contributed by atoms with Gasteiger partial charge in [-0.15, -0.1) is 5.10 Å². The maximum absolute atomic E-state index is 10.8. The highest BCUT2D eigenvalue weighted by Gasteiger charge is 2.21. The highest BCUT2D eigenvalue weighted by atomic mass is 16.6. The summed E-state index contributed by atoms with van der Waals surface area (Å²) in [6.45, 7) is 0. The van der Waals surface area contributed by atoms with Crippen LogP contribution >= 0.6 is 0 Å². The van der Waals surface area contributed by atoms with Crippen molar-refractivity contribution in [2.75, 3.05) is 7.11 Å². The monoisotopic (exact) mass is 237 g/mol. The van der Waals surface area contributed by atoms with Crippen molar-refractivity contribution >= 4 is 5.69 Å². The SMILES string of the molecule is COc1c(-c2n[nH]c(=O)o2)cccc1[N+](=O)[O-]. The van der Waals surface area contributed by atoms with Gasteiger partial charge < -0.3 is 9.15 Å². The van der Waals surface area contributed by atoms with Gasteiger partial charge in [-0.2, -0.15) is 0 Å². The molecule has 2 rings (SSSR count). The van der Waals surface area contributed by atoms with Crippen LogP contribution < -0.4 is 10.5 Å². The Morgan fingerprint density at radius 1 is 1.53 bits per heavy atom. The second-order valence-corrected chi connectivity index (χ2v) is 3.03. The molecule has 0 atom stereocenters. The molecule has 8 nitrogen and oxygen atoms in total. The first-order chi connectivity index (χ1) is 8.13. The highest BCUT2D eigenvalue weighted by molar-refractivity contribution is 5.69. The summed E-state index contributed by atoms with van der Waals surface area (Å²) in [5.41, 5.74) is 0.00991. The highest BCUT2D eigenvalue weighted by Crippen LogP contribution is 2.35. The number of hydrogen-bond donors (Lipinski definition) is 1. The van der Waals surface area contributed by atoms with E-state index < -0.39 is 10.7 Å². The topological polar surface area (TPSA) is 111 Å². The first-order valence-corrected chi connectivity index (χ1v) is 4.50. The van der Waals surface area contributed by atoms with E-state index >= 15 is 0 Å². The van der Waals surface area contributed by atoms with E-state index in [4.69, 9.17) is 9.15 Å². The van der Waals surface area contributed by atoms with Crippen molar-refractivity contribution in [1.29, 1.82) is 0 Å².